The Balaban J connectivity index is 1.88. The minimum atomic E-state index is -0.463. The molecule has 1 heterocycles. The predicted octanol–water partition coefficient (Wildman–Crippen LogP) is 3.95. The molecule has 0 saturated heterocycles. The zero-order chi connectivity index (χ0) is 17.3. The quantitative estimate of drug-likeness (QED) is 0.811. The molecule has 24 heavy (non-hydrogen) atoms. The lowest BCUT2D eigenvalue weighted by molar-refractivity contribution is 0.1000. The van der Waals surface area contributed by atoms with Crippen molar-refractivity contribution in [1.29, 1.82) is 0 Å². The van der Waals surface area contributed by atoms with E-state index in [4.69, 9.17) is 5.73 Å². The van der Waals surface area contributed by atoms with Crippen LogP contribution >= 0.6 is 23.1 Å². The SMILES string of the molecule is CSc1ccc(C(=O)Nc2sc3c(c2C(N)=O)CC[C@H](C)C3)cc1. The summed E-state index contributed by atoms with van der Waals surface area (Å²) in [7, 11) is 0. The van der Waals surface area contributed by atoms with Gasteiger partial charge < -0.3 is 11.1 Å². The monoisotopic (exact) mass is 360 g/mol. The van der Waals surface area contributed by atoms with Gasteiger partial charge >= 0.3 is 0 Å². The van der Waals surface area contributed by atoms with Crippen molar-refractivity contribution in [3.63, 3.8) is 0 Å². The van der Waals surface area contributed by atoms with Crippen LogP contribution in [-0.4, -0.2) is 18.1 Å². The second kappa shape index (κ2) is 6.99. The smallest absolute Gasteiger partial charge is 0.256 e. The molecule has 2 aromatic rings. The summed E-state index contributed by atoms with van der Waals surface area (Å²) in [5.74, 6) is -0.0774. The highest BCUT2D eigenvalue weighted by Gasteiger charge is 2.27. The molecule has 0 unspecified atom stereocenters. The Bertz CT molecular complexity index is 781. The fraction of sp³-hybridized carbons (Fsp3) is 0.333. The molecule has 1 aliphatic rings. The number of nitrogens with two attached hydrogens (primary N) is 1. The molecule has 1 aromatic heterocycles. The normalized spacial score (nSPS) is 16.5. The van der Waals surface area contributed by atoms with Gasteiger partial charge in [-0.3, -0.25) is 9.59 Å². The Morgan fingerprint density at radius 1 is 1.29 bits per heavy atom. The van der Waals surface area contributed by atoms with Crippen LogP contribution in [0.4, 0.5) is 5.00 Å². The van der Waals surface area contributed by atoms with Gasteiger partial charge in [0.2, 0.25) is 0 Å². The molecule has 4 nitrogen and oxygen atoms in total. The number of primary amides is 1. The standard InChI is InChI=1S/C18H20N2O2S2/c1-10-3-8-13-14(9-10)24-18(15(13)16(19)21)20-17(22)11-4-6-12(23-2)7-5-11/h4-7,10H,3,8-9H2,1-2H3,(H2,19,21)(H,20,22)/t10-/m0/s1. The lowest BCUT2D eigenvalue weighted by Crippen LogP contribution is -2.19. The van der Waals surface area contributed by atoms with E-state index in [1.54, 1.807) is 23.9 Å². The third-order valence-corrected chi connectivity index (χ3v) is 6.25. The number of nitrogens with one attached hydrogen (secondary N) is 1. The first-order valence-electron chi connectivity index (χ1n) is 7.89. The zero-order valence-electron chi connectivity index (χ0n) is 13.7. The average molecular weight is 361 g/mol. The van der Waals surface area contributed by atoms with Crippen LogP contribution < -0.4 is 11.1 Å². The molecule has 0 bridgehead atoms. The summed E-state index contributed by atoms with van der Waals surface area (Å²) in [6, 6.07) is 7.41. The minimum absolute atomic E-state index is 0.211. The number of hydrogen-bond acceptors (Lipinski definition) is 4. The van der Waals surface area contributed by atoms with Crippen molar-refractivity contribution in [3.8, 4) is 0 Å². The van der Waals surface area contributed by atoms with Crippen LogP contribution in [-0.2, 0) is 12.8 Å². The molecule has 6 heteroatoms. The summed E-state index contributed by atoms with van der Waals surface area (Å²) in [4.78, 5) is 26.7. The van der Waals surface area contributed by atoms with Crippen molar-refractivity contribution in [2.75, 3.05) is 11.6 Å². The molecule has 1 aromatic carbocycles. The molecule has 0 fully saturated rings. The zero-order valence-corrected chi connectivity index (χ0v) is 15.4. The highest BCUT2D eigenvalue weighted by atomic mass is 32.2. The second-order valence-corrected chi connectivity index (χ2v) is 8.09. The number of amides is 2. The van der Waals surface area contributed by atoms with E-state index in [-0.39, 0.29) is 5.91 Å². The van der Waals surface area contributed by atoms with Gasteiger partial charge in [0.05, 0.1) is 5.56 Å². The number of carbonyl (C=O) groups is 2. The van der Waals surface area contributed by atoms with Crippen LogP contribution in [0.25, 0.3) is 0 Å². The summed E-state index contributed by atoms with van der Waals surface area (Å²) >= 11 is 3.11. The van der Waals surface area contributed by atoms with Gasteiger partial charge in [0.15, 0.2) is 0 Å². The predicted molar refractivity (Wildman–Crippen MR) is 100 cm³/mol. The Labute approximate surface area is 149 Å². The van der Waals surface area contributed by atoms with Crippen LogP contribution in [0.3, 0.4) is 0 Å². The van der Waals surface area contributed by atoms with Crippen molar-refractivity contribution in [3.05, 3.63) is 45.8 Å². The third kappa shape index (κ3) is 3.35. The molecule has 1 aliphatic carbocycles. The fourth-order valence-corrected chi connectivity index (χ4v) is 4.84. The lowest BCUT2D eigenvalue weighted by Gasteiger charge is -2.18. The Kier molecular flexibility index (Phi) is 4.96. The van der Waals surface area contributed by atoms with E-state index >= 15 is 0 Å². The molecule has 0 radical (unpaired) electrons. The first kappa shape index (κ1) is 17.0. The fourth-order valence-electron chi connectivity index (χ4n) is 3.02. The van der Waals surface area contributed by atoms with Gasteiger partial charge in [0.1, 0.15) is 5.00 Å². The second-order valence-electron chi connectivity index (χ2n) is 6.10. The number of rotatable bonds is 4. The Morgan fingerprint density at radius 3 is 2.62 bits per heavy atom. The molecule has 3 rings (SSSR count). The number of fused-ring (bicyclic) bond motifs is 1. The van der Waals surface area contributed by atoms with E-state index in [0.717, 1.165) is 29.7 Å². The average Bonchev–Trinajstić information content (AvgIpc) is 2.91. The van der Waals surface area contributed by atoms with Crippen molar-refractivity contribution < 1.29 is 9.59 Å². The van der Waals surface area contributed by atoms with Crippen LogP contribution in [0.5, 0.6) is 0 Å². The van der Waals surface area contributed by atoms with E-state index in [0.29, 0.717) is 22.0 Å². The summed E-state index contributed by atoms with van der Waals surface area (Å²) in [6.45, 7) is 2.21. The number of anilines is 1. The summed E-state index contributed by atoms with van der Waals surface area (Å²) in [5, 5.41) is 3.47. The van der Waals surface area contributed by atoms with E-state index in [1.807, 2.05) is 18.4 Å². The molecule has 0 spiro atoms. The Hall–Kier alpha value is -1.79. The third-order valence-electron chi connectivity index (χ3n) is 4.34. The number of thioether (sulfide) groups is 1. The van der Waals surface area contributed by atoms with Gasteiger partial charge in [-0.1, -0.05) is 6.92 Å². The molecule has 2 amide bonds. The van der Waals surface area contributed by atoms with Crippen LogP contribution in [0.2, 0.25) is 0 Å². The van der Waals surface area contributed by atoms with Gasteiger partial charge in [-0.25, -0.2) is 0 Å². The summed E-state index contributed by atoms with van der Waals surface area (Å²) in [6.07, 6.45) is 4.83. The number of carbonyl (C=O) groups excluding carboxylic acids is 2. The molecule has 0 aliphatic heterocycles. The molecule has 1 atom stereocenters. The maximum Gasteiger partial charge on any atom is 0.256 e. The van der Waals surface area contributed by atoms with E-state index in [1.165, 1.54) is 16.2 Å². The minimum Gasteiger partial charge on any atom is -0.365 e. The van der Waals surface area contributed by atoms with Crippen LogP contribution in [0.1, 0.15) is 44.5 Å². The van der Waals surface area contributed by atoms with Crippen molar-refractivity contribution in [1.82, 2.24) is 0 Å². The largest absolute Gasteiger partial charge is 0.365 e. The topological polar surface area (TPSA) is 72.2 Å². The molecule has 0 saturated carbocycles. The van der Waals surface area contributed by atoms with Crippen LogP contribution in [0, 0.1) is 5.92 Å². The van der Waals surface area contributed by atoms with Crippen molar-refractivity contribution in [2.45, 2.75) is 31.1 Å². The van der Waals surface area contributed by atoms with Gasteiger partial charge in [-0.15, -0.1) is 23.1 Å². The van der Waals surface area contributed by atoms with Crippen molar-refractivity contribution in [2.24, 2.45) is 11.7 Å². The Morgan fingerprint density at radius 2 is 2.00 bits per heavy atom. The number of thiophene rings is 1. The molecule has 126 valence electrons. The highest BCUT2D eigenvalue weighted by Crippen LogP contribution is 2.39. The molecular formula is C18H20N2O2S2. The molecule has 3 N–H and O–H groups in total. The van der Waals surface area contributed by atoms with E-state index < -0.39 is 5.91 Å². The first-order valence-corrected chi connectivity index (χ1v) is 9.93. The maximum atomic E-state index is 12.5. The van der Waals surface area contributed by atoms with E-state index in [9.17, 15) is 9.59 Å². The van der Waals surface area contributed by atoms with Gasteiger partial charge in [0.25, 0.3) is 11.8 Å². The first-order chi connectivity index (χ1) is 11.5. The van der Waals surface area contributed by atoms with Gasteiger partial charge in [-0.2, -0.15) is 0 Å². The lowest BCUT2D eigenvalue weighted by atomic mass is 9.88. The van der Waals surface area contributed by atoms with Gasteiger partial charge in [0, 0.05) is 15.3 Å². The van der Waals surface area contributed by atoms with Gasteiger partial charge in [-0.05, 0) is 61.3 Å². The highest BCUT2D eigenvalue weighted by molar-refractivity contribution is 7.98. The molecular weight excluding hydrogens is 340 g/mol. The van der Waals surface area contributed by atoms with Crippen LogP contribution in [0.15, 0.2) is 29.2 Å². The maximum absolute atomic E-state index is 12.5. The summed E-state index contributed by atoms with van der Waals surface area (Å²) in [5.41, 5.74) is 7.68. The number of hydrogen-bond donors (Lipinski definition) is 2. The number of benzene rings is 1. The summed E-state index contributed by atoms with van der Waals surface area (Å²) < 4.78 is 0. The van der Waals surface area contributed by atoms with E-state index in [2.05, 4.69) is 12.2 Å². The van der Waals surface area contributed by atoms with Crippen molar-refractivity contribution >= 4 is 39.9 Å².